The highest BCUT2D eigenvalue weighted by atomic mass is 35.5. The van der Waals surface area contributed by atoms with Crippen LogP contribution in [-0.4, -0.2) is 59.5 Å². The normalized spacial score (nSPS) is 16.4. The van der Waals surface area contributed by atoms with E-state index in [2.05, 4.69) is 15.5 Å². The van der Waals surface area contributed by atoms with Gasteiger partial charge in [-0.1, -0.05) is 36.0 Å². The molecule has 1 heterocycles. The Balaban J connectivity index is 1.58. The molecule has 2 aromatic rings. The third-order valence-electron chi connectivity index (χ3n) is 5.80. The van der Waals surface area contributed by atoms with Crippen molar-refractivity contribution >= 4 is 58.3 Å². The first-order valence-electron chi connectivity index (χ1n) is 11.9. The van der Waals surface area contributed by atoms with Crippen LogP contribution < -0.4 is 20.2 Å². The lowest BCUT2D eigenvalue weighted by molar-refractivity contribution is -0.141. The summed E-state index contributed by atoms with van der Waals surface area (Å²) in [6.45, 7) is 0. The molecule has 3 N–H and O–H groups in total. The Hall–Kier alpha value is -2.73. The minimum Gasteiger partial charge on any atom is -0.469 e. The topological polar surface area (TPSA) is 123 Å². The number of benzene rings is 2. The molecule has 1 fully saturated rings. The van der Waals surface area contributed by atoms with Crippen molar-refractivity contribution in [3.05, 3.63) is 59.7 Å². The minimum absolute atomic E-state index is 0.0273. The average molecular weight is 580 g/mol. The molecule has 3 unspecified atom stereocenters. The lowest BCUT2D eigenvalue weighted by Crippen LogP contribution is -2.47. The van der Waals surface area contributed by atoms with Gasteiger partial charge in [-0.05, 0) is 78.4 Å². The summed E-state index contributed by atoms with van der Waals surface area (Å²) < 4.78 is 10.7. The molecule has 9 nitrogen and oxygen atoms in total. The van der Waals surface area contributed by atoms with Crippen LogP contribution >= 0.6 is 35.3 Å². The summed E-state index contributed by atoms with van der Waals surface area (Å²) in [6, 6.07) is 13.7. The number of hydrogen-bond donors (Lipinski definition) is 3. The summed E-state index contributed by atoms with van der Waals surface area (Å²) in [5.41, 5.74) is 1.83. The van der Waals surface area contributed by atoms with Gasteiger partial charge in [-0.3, -0.25) is 24.5 Å². The van der Waals surface area contributed by atoms with E-state index in [4.69, 9.17) is 21.3 Å². The number of imide groups is 1. The van der Waals surface area contributed by atoms with E-state index in [0.717, 1.165) is 28.6 Å². The van der Waals surface area contributed by atoms with Gasteiger partial charge < -0.3 is 14.8 Å². The number of amides is 3. The summed E-state index contributed by atoms with van der Waals surface area (Å²) in [5.74, 6) is 1.06. The lowest BCUT2D eigenvalue weighted by Gasteiger charge is -2.21. The molecule has 1 aliphatic heterocycles. The molecular weight excluding hydrogens is 550 g/mol. The SMILES string of the molecule is COC(=O)CC(Cc1ccc(Oc2ccc(CC3SC(=O)NC3=O)cc2)cc1)NC(=O)C(CCSC)NCl. The van der Waals surface area contributed by atoms with Gasteiger partial charge in [0.25, 0.3) is 5.24 Å². The van der Waals surface area contributed by atoms with E-state index in [1.54, 1.807) is 11.8 Å². The Morgan fingerprint density at radius 3 is 2.24 bits per heavy atom. The van der Waals surface area contributed by atoms with E-state index < -0.39 is 23.3 Å². The largest absolute Gasteiger partial charge is 0.469 e. The molecule has 0 spiro atoms. The van der Waals surface area contributed by atoms with E-state index in [0.29, 0.717) is 30.8 Å². The van der Waals surface area contributed by atoms with Gasteiger partial charge in [0.1, 0.15) is 17.5 Å². The van der Waals surface area contributed by atoms with Crippen molar-refractivity contribution in [2.24, 2.45) is 0 Å². The second-order valence-corrected chi connectivity index (χ2v) is 11.0. The van der Waals surface area contributed by atoms with Gasteiger partial charge in [-0.2, -0.15) is 11.8 Å². The van der Waals surface area contributed by atoms with Gasteiger partial charge in [0, 0.05) is 6.04 Å². The molecule has 3 rings (SSSR count). The van der Waals surface area contributed by atoms with Crippen molar-refractivity contribution in [1.82, 2.24) is 15.5 Å². The Bertz CT molecular complexity index is 1120. The molecule has 38 heavy (non-hydrogen) atoms. The minimum atomic E-state index is -0.567. The molecule has 0 saturated carbocycles. The van der Waals surface area contributed by atoms with Gasteiger partial charge in [-0.25, -0.2) is 4.84 Å². The van der Waals surface area contributed by atoms with Crippen LogP contribution in [0.5, 0.6) is 11.5 Å². The van der Waals surface area contributed by atoms with Crippen LogP contribution in [0.4, 0.5) is 4.79 Å². The fourth-order valence-corrected chi connectivity index (χ4v) is 5.32. The number of nitrogens with one attached hydrogen (secondary N) is 3. The van der Waals surface area contributed by atoms with Crippen LogP contribution in [-0.2, 0) is 32.0 Å². The second kappa shape index (κ2) is 15.0. The lowest BCUT2D eigenvalue weighted by atomic mass is 10.0. The van der Waals surface area contributed by atoms with Gasteiger partial charge in [-0.15, -0.1) is 0 Å². The standard InChI is InChI=1S/C26H30ClN3O6S2/c1-35-23(31)15-18(28-24(32)21(30-27)11-12-37-2)13-16-3-7-19(8-4-16)36-20-9-5-17(6-10-20)14-22-25(33)29-26(34)38-22/h3-10,18,21-22,30H,11-15H2,1-2H3,(H,28,32)(H,29,33,34). The van der Waals surface area contributed by atoms with Crippen LogP contribution in [0.2, 0.25) is 0 Å². The fraction of sp³-hybridized carbons (Fsp3) is 0.385. The van der Waals surface area contributed by atoms with Crippen molar-refractivity contribution in [2.75, 3.05) is 19.1 Å². The zero-order valence-corrected chi connectivity index (χ0v) is 23.4. The van der Waals surface area contributed by atoms with Crippen molar-refractivity contribution in [3.8, 4) is 11.5 Å². The van der Waals surface area contributed by atoms with E-state index in [1.807, 2.05) is 54.8 Å². The van der Waals surface area contributed by atoms with Gasteiger partial charge in [0.15, 0.2) is 0 Å². The molecule has 2 aromatic carbocycles. The average Bonchev–Trinajstić information content (AvgIpc) is 3.22. The van der Waals surface area contributed by atoms with Gasteiger partial charge >= 0.3 is 5.97 Å². The molecule has 1 aliphatic rings. The molecule has 0 radical (unpaired) electrons. The van der Waals surface area contributed by atoms with Crippen LogP contribution in [0.25, 0.3) is 0 Å². The van der Waals surface area contributed by atoms with E-state index in [9.17, 15) is 19.2 Å². The zero-order chi connectivity index (χ0) is 27.5. The third-order valence-corrected chi connectivity index (χ3v) is 7.69. The maximum Gasteiger partial charge on any atom is 0.307 e. The highest BCUT2D eigenvalue weighted by molar-refractivity contribution is 8.15. The predicted octanol–water partition coefficient (Wildman–Crippen LogP) is 3.83. The predicted molar refractivity (Wildman–Crippen MR) is 150 cm³/mol. The van der Waals surface area contributed by atoms with E-state index in [-0.39, 0.29) is 23.5 Å². The van der Waals surface area contributed by atoms with E-state index >= 15 is 0 Å². The first kappa shape index (κ1) is 29.8. The molecule has 0 bridgehead atoms. The Labute approximate surface area is 235 Å². The number of methoxy groups -OCH3 is 1. The van der Waals surface area contributed by atoms with Crippen molar-refractivity contribution < 1.29 is 28.7 Å². The number of rotatable bonds is 14. The number of thioether (sulfide) groups is 2. The molecular formula is C26H30ClN3O6S2. The summed E-state index contributed by atoms with van der Waals surface area (Å²) in [5, 5.41) is 4.47. The van der Waals surface area contributed by atoms with Crippen LogP contribution in [0.15, 0.2) is 48.5 Å². The maximum absolute atomic E-state index is 12.7. The summed E-state index contributed by atoms with van der Waals surface area (Å²) in [6.07, 6.45) is 3.42. The number of esters is 1. The summed E-state index contributed by atoms with van der Waals surface area (Å²) >= 11 is 8.38. The zero-order valence-electron chi connectivity index (χ0n) is 21.0. The monoisotopic (exact) mass is 579 g/mol. The third kappa shape index (κ3) is 9.23. The summed E-state index contributed by atoms with van der Waals surface area (Å²) in [7, 11) is 1.31. The first-order valence-corrected chi connectivity index (χ1v) is 14.6. The van der Waals surface area contributed by atoms with Crippen LogP contribution in [0, 0.1) is 0 Å². The fourth-order valence-electron chi connectivity index (χ4n) is 3.78. The smallest absolute Gasteiger partial charge is 0.307 e. The van der Waals surface area contributed by atoms with E-state index in [1.165, 1.54) is 7.11 Å². The number of hydrogen-bond acceptors (Lipinski definition) is 9. The Kier molecular flexibility index (Phi) is 11.8. The number of halogens is 1. The van der Waals surface area contributed by atoms with Crippen molar-refractivity contribution in [1.29, 1.82) is 0 Å². The van der Waals surface area contributed by atoms with Crippen LogP contribution in [0.3, 0.4) is 0 Å². The van der Waals surface area contributed by atoms with Crippen molar-refractivity contribution in [3.63, 3.8) is 0 Å². The Morgan fingerprint density at radius 1 is 1.08 bits per heavy atom. The molecule has 0 aromatic heterocycles. The maximum atomic E-state index is 12.7. The number of ether oxygens (including phenoxy) is 2. The van der Waals surface area contributed by atoms with Crippen molar-refractivity contribution in [2.45, 2.75) is 43.0 Å². The molecule has 204 valence electrons. The second-order valence-electron chi connectivity index (χ2n) is 8.61. The molecule has 3 atom stereocenters. The summed E-state index contributed by atoms with van der Waals surface area (Å²) in [4.78, 5) is 50.2. The number of carbonyl (C=O) groups is 4. The highest BCUT2D eigenvalue weighted by Gasteiger charge is 2.31. The van der Waals surface area contributed by atoms with Crippen LogP contribution in [0.1, 0.15) is 24.0 Å². The van der Waals surface area contributed by atoms with Gasteiger partial charge in [0.2, 0.25) is 11.8 Å². The van der Waals surface area contributed by atoms with Gasteiger partial charge in [0.05, 0.1) is 18.8 Å². The molecule has 1 saturated heterocycles. The number of carbonyl (C=O) groups excluding carboxylic acids is 4. The quantitative estimate of drug-likeness (QED) is 0.226. The highest BCUT2D eigenvalue weighted by Crippen LogP contribution is 2.26. The molecule has 12 heteroatoms. The first-order chi connectivity index (χ1) is 18.3. The molecule has 3 amide bonds. The molecule has 0 aliphatic carbocycles. The Morgan fingerprint density at radius 2 is 1.71 bits per heavy atom.